The van der Waals surface area contributed by atoms with Gasteiger partial charge < -0.3 is 0 Å². The van der Waals surface area contributed by atoms with Gasteiger partial charge in [0.15, 0.2) is 0 Å². The Hall–Kier alpha value is -1.56. The van der Waals surface area contributed by atoms with Gasteiger partial charge in [-0.3, -0.25) is 0 Å². The van der Waals surface area contributed by atoms with Gasteiger partial charge in [0.25, 0.3) is 0 Å². The first-order valence-electron chi connectivity index (χ1n) is 7.95. The van der Waals surface area contributed by atoms with Gasteiger partial charge in [0.2, 0.25) is 0 Å². The molecule has 20 heavy (non-hydrogen) atoms. The topological polar surface area (TPSA) is 0 Å². The first kappa shape index (κ1) is 12.2. The number of hydrogen-bond acceptors (Lipinski definition) is 0. The molecule has 1 fully saturated rings. The molecule has 0 atom stereocenters. The highest BCUT2D eigenvalue weighted by molar-refractivity contribution is 5.84. The summed E-state index contributed by atoms with van der Waals surface area (Å²) in [5.41, 5.74) is 9.55. The monoisotopic (exact) mass is 262 g/mol. The molecule has 0 heterocycles. The molecule has 2 aromatic rings. The number of fused-ring (bicyclic) bond motifs is 5. The van der Waals surface area contributed by atoms with Gasteiger partial charge in [0, 0.05) is 5.41 Å². The van der Waals surface area contributed by atoms with E-state index >= 15 is 0 Å². The Morgan fingerprint density at radius 2 is 1.50 bits per heavy atom. The van der Waals surface area contributed by atoms with Crippen LogP contribution < -0.4 is 0 Å². The van der Waals surface area contributed by atoms with Crippen molar-refractivity contribution in [1.82, 2.24) is 0 Å². The van der Waals surface area contributed by atoms with Crippen molar-refractivity contribution in [2.75, 3.05) is 0 Å². The molecule has 0 radical (unpaired) electrons. The van der Waals surface area contributed by atoms with E-state index in [0.29, 0.717) is 5.41 Å². The third-order valence-corrected chi connectivity index (χ3v) is 5.52. The Labute approximate surface area is 121 Å². The highest BCUT2D eigenvalue weighted by Gasteiger charge is 2.44. The van der Waals surface area contributed by atoms with Gasteiger partial charge in [-0.05, 0) is 60.1 Å². The molecule has 2 aliphatic rings. The summed E-state index contributed by atoms with van der Waals surface area (Å²) in [5, 5.41) is 0. The third kappa shape index (κ3) is 1.43. The highest BCUT2D eigenvalue weighted by atomic mass is 14.5. The lowest BCUT2D eigenvalue weighted by molar-refractivity contribution is 0.351. The van der Waals surface area contributed by atoms with E-state index in [2.05, 4.69) is 50.2 Å². The Morgan fingerprint density at radius 1 is 0.800 bits per heavy atom. The molecule has 0 N–H and O–H groups in total. The number of rotatable bonds is 0. The van der Waals surface area contributed by atoms with Gasteiger partial charge in [-0.2, -0.15) is 0 Å². The van der Waals surface area contributed by atoms with Crippen LogP contribution >= 0.6 is 0 Å². The first-order valence-corrected chi connectivity index (χ1v) is 7.95. The minimum atomic E-state index is 0.320. The summed E-state index contributed by atoms with van der Waals surface area (Å²) in [4.78, 5) is 0. The predicted octanol–water partition coefficient (Wildman–Crippen LogP) is 5.53. The van der Waals surface area contributed by atoms with Crippen molar-refractivity contribution in [3.63, 3.8) is 0 Å². The molecule has 0 aromatic heterocycles. The summed E-state index contributed by atoms with van der Waals surface area (Å²) in [6, 6.07) is 13.8. The fourth-order valence-electron chi connectivity index (χ4n) is 4.74. The Balaban J connectivity index is 2.09. The zero-order valence-electron chi connectivity index (χ0n) is 12.5. The van der Waals surface area contributed by atoms with Crippen molar-refractivity contribution in [2.24, 2.45) is 0 Å². The van der Waals surface area contributed by atoms with Crippen LogP contribution in [0.1, 0.15) is 54.4 Å². The van der Waals surface area contributed by atoms with Crippen molar-refractivity contribution in [2.45, 2.75) is 51.4 Å². The molecule has 1 saturated carbocycles. The molecule has 0 aliphatic heterocycles. The van der Waals surface area contributed by atoms with Gasteiger partial charge >= 0.3 is 0 Å². The van der Waals surface area contributed by atoms with Crippen LogP contribution in [0.4, 0.5) is 0 Å². The minimum absolute atomic E-state index is 0.320. The van der Waals surface area contributed by atoms with Crippen LogP contribution in [0.2, 0.25) is 0 Å². The van der Waals surface area contributed by atoms with E-state index in [1.165, 1.54) is 54.4 Å². The Bertz CT molecular complexity index is 672. The van der Waals surface area contributed by atoms with Crippen LogP contribution in [-0.2, 0) is 5.41 Å². The fourth-order valence-corrected chi connectivity index (χ4v) is 4.74. The molecule has 0 saturated heterocycles. The van der Waals surface area contributed by atoms with Crippen molar-refractivity contribution in [1.29, 1.82) is 0 Å². The summed E-state index contributed by atoms with van der Waals surface area (Å²) in [6.07, 6.45) is 6.83. The molecular formula is C20H22. The highest BCUT2D eigenvalue weighted by Crippen LogP contribution is 2.57. The maximum atomic E-state index is 2.40. The average molecular weight is 262 g/mol. The quantitative estimate of drug-likeness (QED) is 0.585. The fraction of sp³-hybridized carbons (Fsp3) is 0.400. The minimum Gasteiger partial charge on any atom is -0.0617 e. The number of aryl methyl sites for hydroxylation is 2. The van der Waals surface area contributed by atoms with Gasteiger partial charge in [-0.25, -0.2) is 0 Å². The second-order valence-corrected chi connectivity index (χ2v) is 6.64. The summed E-state index contributed by atoms with van der Waals surface area (Å²) in [6.45, 7) is 4.57. The van der Waals surface area contributed by atoms with E-state index in [1.54, 1.807) is 11.1 Å². The Kier molecular flexibility index (Phi) is 2.57. The Morgan fingerprint density at radius 3 is 2.30 bits per heavy atom. The van der Waals surface area contributed by atoms with Gasteiger partial charge in [0.1, 0.15) is 0 Å². The van der Waals surface area contributed by atoms with Gasteiger partial charge in [0.05, 0.1) is 0 Å². The zero-order chi connectivity index (χ0) is 13.7. The second kappa shape index (κ2) is 4.22. The molecule has 0 nitrogen and oxygen atoms in total. The summed E-state index contributed by atoms with van der Waals surface area (Å²) >= 11 is 0. The molecule has 2 aliphatic carbocycles. The van der Waals surface area contributed by atoms with Crippen LogP contribution in [0.3, 0.4) is 0 Å². The van der Waals surface area contributed by atoms with Gasteiger partial charge in [-0.15, -0.1) is 0 Å². The van der Waals surface area contributed by atoms with Crippen molar-refractivity contribution in [3.8, 4) is 11.1 Å². The molecule has 4 rings (SSSR count). The van der Waals surface area contributed by atoms with E-state index in [-0.39, 0.29) is 0 Å². The molecule has 2 aromatic carbocycles. The molecule has 0 bridgehead atoms. The third-order valence-electron chi connectivity index (χ3n) is 5.52. The van der Waals surface area contributed by atoms with Crippen molar-refractivity contribution >= 4 is 0 Å². The summed E-state index contributed by atoms with van der Waals surface area (Å²) in [5.74, 6) is 0. The zero-order valence-corrected chi connectivity index (χ0v) is 12.5. The van der Waals surface area contributed by atoms with E-state index in [9.17, 15) is 0 Å². The summed E-state index contributed by atoms with van der Waals surface area (Å²) < 4.78 is 0. The number of hydrogen-bond donors (Lipinski definition) is 0. The van der Waals surface area contributed by atoms with E-state index < -0.39 is 0 Å². The first-order chi connectivity index (χ1) is 9.74. The maximum absolute atomic E-state index is 2.40. The van der Waals surface area contributed by atoms with Crippen LogP contribution in [0.25, 0.3) is 11.1 Å². The van der Waals surface area contributed by atoms with E-state index in [0.717, 1.165) is 0 Å². The predicted molar refractivity (Wildman–Crippen MR) is 85.2 cm³/mol. The maximum Gasteiger partial charge on any atom is 0.0217 e. The molecule has 0 unspecified atom stereocenters. The molecule has 102 valence electrons. The SMILES string of the molecule is Cc1cccc2c1-c1cccc(C)c1C21CCCCC1. The lowest BCUT2D eigenvalue weighted by Crippen LogP contribution is -2.28. The van der Waals surface area contributed by atoms with Crippen LogP contribution in [-0.4, -0.2) is 0 Å². The van der Waals surface area contributed by atoms with E-state index in [4.69, 9.17) is 0 Å². The van der Waals surface area contributed by atoms with Crippen LogP contribution in [0.5, 0.6) is 0 Å². The molecular weight excluding hydrogens is 240 g/mol. The lowest BCUT2D eigenvalue weighted by Gasteiger charge is -2.36. The summed E-state index contributed by atoms with van der Waals surface area (Å²) in [7, 11) is 0. The average Bonchev–Trinajstić information content (AvgIpc) is 2.73. The van der Waals surface area contributed by atoms with Crippen LogP contribution in [0, 0.1) is 13.8 Å². The van der Waals surface area contributed by atoms with Crippen molar-refractivity contribution in [3.05, 3.63) is 58.7 Å². The molecule has 0 heteroatoms. The van der Waals surface area contributed by atoms with E-state index in [1.807, 2.05) is 0 Å². The van der Waals surface area contributed by atoms with Crippen LogP contribution in [0.15, 0.2) is 36.4 Å². The molecule has 1 spiro atoms. The largest absolute Gasteiger partial charge is 0.0617 e. The van der Waals surface area contributed by atoms with Crippen molar-refractivity contribution < 1.29 is 0 Å². The second-order valence-electron chi connectivity index (χ2n) is 6.64. The smallest absolute Gasteiger partial charge is 0.0217 e. The van der Waals surface area contributed by atoms with Gasteiger partial charge in [-0.1, -0.05) is 55.7 Å². The molecule has 0 amide bonds. The number of benzene rings is 2. The normalized spacial score (nSPS) is 18.9. The standard InChI is InChI=1S/C20H22/c1-14-8-7-11-17-18(14)16-10-6-9-15(2)19(16)20(17)12-4-3-5-13-20/h6-11H,3-5,12-13H2,1-2H3. The lowest BCUT2D eigenvalue weighted by atomic mass is 9.67.